The number of nitrogens with one attached hydrogen (secondary N) is 1. The number of rotatable bonds is 7. The summed E-state index contributed by atoms with van der Waals surface area (Å²) >= 11 is 4.16. The number of hydrogen-bond donors (Lipinski definition) is 1. The molecule has 4 amide bonds. The molecule has 0 spiro atoms. The molecule has 0 saturated carbocycles. The number of ether oxygens (including phenoxy) is 2. The van der Waals surface area contributed by atoms with Gasteiger partial charge < -0.3 is 19.7 Å². The molecule has 2 aromatic rings. The average Bonchev–Trinajstić information content (AvgIpc) is 3.11. The van der Waals surface area contributed by atoms with Gasteiger partial charge in [0.15, 0.2) is 6.61 Å². The highest BCUT2D eigenvalue weighted by molar-refractivity contribution is 9.10. The normalized spacial score (nSPS) is 17.0. The zero-order chi connectivity index (χ0) is 25.7. The molecule has 11 heteroatoms. The molecular weight excluding hydrogens is 550 g/mol. The first-order valence-electron chi connectivity index (χ1n) is 11.2. The highest BCUT2D eigenvalue weighted by Gasteiger charge is 2.37. The van der Waals surface area contributed by atoms with Gasteiger partial charge in [-0.2, -0.15) is 0 Å². The number of nitrogens with zero attached hydrogens (tertiary/aromatic N) is 2. The zero-order valence-electron chi connectivity index (χ0n) is 19.5. The fraction of sp³-hybridized carbons (Fsp3) is 0.280. The molecular formula is C25H24BrN3O6S. The lowest BCUT2D eigenvalue weighted by Gasteiger charge is -2.28. The molecule has 36 heavy (non-hydrogen) atoms. The van der Waals surface area contributed by atoms with Crippen LogP contribution < -0.4 is 10.1 Å². The van der Waals surface area contributed by atoms with E-state index >= 15 is 0 Å². The fourth-order valence-electron chi connectivity index (χ4n) is 3.65. The van der Waals surface area contributed by atoms with Gasteiger partial charge in [0.2, 0.25) is 5.91 Å². The number of halogens is 1. The number of imide groups is 1. The van der Waals surface area contributed by atoms with E-state index in [0.29, 0.717) is 43.3 Å². The molecule has 0 radical (unpaired) electrons. The van der Waals surface area contributed by atoms with Crippen molar-refractivity contribution >= 4 is 62.4 Å². The summed E-state index contributed by atoms with van der Waals surface area (Å²) in [6.45, 7) is 3.10. The predicted molar refractivity (Wildman–Crippen MR) is 140 cm³/mol. The van der Waals surface area contributed by atoms with Crippen LogP contribution in [0.25, 0.3) is 6.08 Å². The van der Waals surface area contributed by atoms with Crippen LogP contribution in [0.15, 0.2) is 51.8 Å². The molecule has 2 heterocycles. The third-order valence-electron chi connectivity index (χ3n) is 5.45. The van der Waals surface area contributed by atoms with E-state index in [9.17, 15) is 19.2 Å². The van der Waals surface area contributed by atoms with Crippen molar-refractivity contribution < 1.29 is 28.7 Å². The van der Waals surface area contributed by atoms with Gasteiger partial charge in [-0.3, -0.25) is 24.1 Å². The summed E-state index contributed by atoms with van der Waals surface area (Å²) in [5, 5.41) is 2.27. The molecule has 188 valence electrons. The van der Waals surface area contributed by atoms with E-state index in [1.807, 2.05) is 25.1 Å². The van der Waals surface area contributed by atoms with Crippen LogP contribution >= 0.6 is 27.7 Å². The monoisotopic (exact) mass is 573 g/mol. The van der Waals surface area contributed by atoms with Crippen LogP contribution in [-0.2, 0) is 19.1 Å². The smallest absolute Gasteiger partial charge is 0.294 e. The van der Waals surface area contributed by atoms with Crippen molar-refractivity contribution in [1.82, 2.24) is 9.80 Å². The number of carbonyl (C=O) groups excluding carboxylic acids is 4. The minimum atomic E-state index is -0.547. The third kappa shape index (κ3) is 6.54. The summed E-state index contributed by atoms with van der Waals surface area (Å²) in [7, 11) is 0. The Balaban J connectivity index is 1.44. The Morgan fingerprint density at radius 2 is 1.94 bits per heavy atom. The van der Waals surface area contributed by atoms with Crippen LogP contribution in [-0.4, -0.2) is 72.2 Å². The maximum atomic E-state index is 12.9. The van der Waals surface area contributed by atoms with Gasteiger partial charge in [0, 0.05) is 28.8 Å². The number of hydrogen-bond acceptors (Lipinski definition) is 7. The molecule has 1 N–H and O–H groups in total. The van der Waals surface area contributed by atoms with E-state index < -0.39 is 11.1 Å². The number of benzene rings is 2. The van der Waals surface area contributed by atoms with Gasteiger partial charge in [-0.25, -0.2) is 0 Å². The Morgan fingerprint density at radius 3 is 2.69 bits per heavy atom. The summed E-state index contributed by atoms with van der Waals surface area (Å²) in [5.41, 5.74) is 2.20. The molecule has 2 aromatic carbocycles. The van der Waals surface area contributed by atoms with Gasteiger partial charge in [-0.15, -0.1) is 0 Å². The van der Waals surface area contributed by atoms with Crippen LogP contribution in [0.4, 0.5) is 10.5 Å². The largest absolute Gasteiger partial charge is 0.483 e. The number of thioether (sulfide) groups is 1. The standard InChI is InChI=1S/C25H24BrN3O6S/c1-16-3-2-4-19(11-16)27-22(30)15-35-20-6-5-18(26)12-17(20)13-21-24(32)29(25(33)36-21)14-23(31)28-7-9-34-10-8-28/h2-6,11-13H,7-10,14-15H2,1H3,(H,27,30)/b21-13-. The van der Waals surface area contributed by atoms with Crippen molar-refractivity contribution in [3.05, 3.63) is 63.0 Å². The minimum absolute atomic E-state index is 0.168. The second kappa shape index (κ2) is 11.7. The molecule has 9 nitrogen and oxygen atoms in total. The van der Waals surface area contributed by atoms with Gasteiger partial charge in [-0.1, -0.05) is 28.1 Å². The maximum Gasteiger partial charge on any atom is 0.294 e. The maximum absolute atomic E-state index is 12.9. The van der Waals surface area contributed by atoms with Crippen molar-refractivity contribution in [1.29, 1.82) is 0 Å². The summed E-state index contributed by atoms with van der Waals surface area (Å²) in [4.78, 5) is 53.1. The fourth-order valence-corrected chi connectivity index (χ4v) is 4.86. The Bertz CT molecular complexity index is 1230. The molecule has 0 aliphatic carbocycles. The topological polar surface area (TPSA) is 105 Å². The highest BCUT2D eigenvalue weighted by atomic mass is 79.9. The molecule has 0 atom stereocenters. The number of amides is 4. The van der Waals surface area contributed by atoms with Crippen molar-refractivity contribution in [2.45, 2.75) is 6.92 Å². The molecule has 4 rings (SSSR count). The van der Waals surface area contributed by atoms with Crippen molar-refractivity contribution in [2.75, 3.05) is 44.8 Å². The predicted octanol–water partition coefficient (Wildman–Crippen LogP) is 3.67. The number of anilines is 1. The van der Waals surface area contributed by atoms with Crippen LogP contribution in [0.1, 0.15) is 11.1 Å². The van der Waals surface area contributed by atoms with Crippen molar-refractivity contribution in [2.24, 2.45) is 0 Å². The minimum Gasteiger partial charge on any atom is -0.483 e. The number of morpholine rings is 1. The van der Waals surface area contributed by atoms with Gasteiger partial charge in [0.1, 0.15) is 12.3 Å². The Morgan fingerprint density at radius 1 is 1.17 bits per heavy atom. The highest BCUT2D eigenvalue weighted by Crippen LogP contribution is 2.35. The summed E-state index contributed by atoms with van der Waals surface area (Å²) in [5.74, 6) is -0.812. The second-order valence-corrected chi connectivity index (χ2v) is 10.1. The Kier molecular flexibility index (Phi) is 8.44. The summed E-state index contributed by atoms with van der Waals surface area (Å²) < 4.78 is 11.7. The first-order chi connectivity index (χ1) is 17.3. The van der Waals surface area contributed by atoms with E-state index in [2.05, 4.69) is 21.2 Å². The third-order valence-corrected chi connectivity index (χ3v) is 6.85. The molecule has 2 saturated heterocycles. The van der Waals surface area contributed by atoms with Crippen LogP contribution in [0.3, 0.4) is 0 Å². The lowest BCUT2D eigenvalue weighted by Crippen LogP contribution is -2.46. The molecule has 2 aliphatic rings. The van der Waals surface area contributed by atoms with Crippen LogP contribution in [0.2, 0.25) is 0 Å². The number of carbonyl (C=O) groups is 4. The Labute approximate surface area is 220 Å². The Hall–Kier alpha value is -3.15. The van der Waals surface area contributed by atoms with Gasteiger partial charge >= 0.3 is 0 Å². The van der Waals surface area contributed by atoms with E-state index in [0.717, 1.165) is 26.7 Å². The van der Waals surface area contributed by atoms with Crippen LogP contribution in [0, 0.1) is 6.92 Å². The lowest BCUT2D eigenvalue weighted by molar-refractivity contribution is -0.139. The SMILES string of the molecule is Cc1cccc(NC(=O)COc2ccc(Br)cc2/C=C2\SC(=O)N(CC(=O)N3CCOCC3)C2=O)c1. The second-order valence-electron chi connectivity index (χ2n) is 8.15. The lowest BCUT2D eigenvalue weighted by atomic mass is 10.2. The van der Waals surface area contributed by atoms with E-state index in [4.69, 9.17) is 9.47 Å². The van der Waals surface area contributed by atoms with Crippen molar-refractivity contribution in [3.63, 3.8) is 0 Å². The van der Waals surface area contributed by atoms with Crippen molar-refractivity contribution in [3.8, 4) is 5.75 Å². The summed E-state index contributed by atoms with van der Waals surface area (Å²) in [6.07, 6.45) is 1.53. The first kappa shape index (κ1) is 25.9. The van der Waals surface area contributed by atoms with E-state index in [-0.39, 0.29) is 29.9 Å². The van der Waals surface area contributed by atoms with Gasteiger partial charge in [0.05, 0.1) is 18.1 Å². The van der Waals surface area contributed by atoms with E-state index in [1.165, 1.54) is 6.08 Å². The summed E-state index contributed by atoms with van der Waals surface area (Å²) in [6, 6.07) is 12.6. The molecule has 0 bridgehead atoms. The zero-order valence-corrected chi connectivity index (χ0v) is 21.9. The first-order valence-corrected chi connectivity index (χ1v) is 12.8. The van der Waals surface area contributed by atoms with Gasteiger partial charge in [0.25, 0.3) is 17.1 Å². The van der Waals surface area contributed by atoms with Crippen LogP contribution in [0.5, 0.6) is 5.75 Å². The molecule has 0 aromatic heterocycles. The molecule has 2 aliphatic heterocycles. The average molecular weight is 574 g/mol. The molecule has 2 fully saturated rings. The quantitative estimate of drug-likeness (QED) is 0.504. The van der Waals surface area contributed by atoms with E-state index in [1.54, 1.807) is 29.2 Å². The molecule has 0 unspecified atom stereocenters. The van der Waals surface area contributed by atoms with Gasteiger partial charge in [-0.05, 0) is 60.7 Å². The number of aryl methyl sites for hydroxylation is 1.